The van der Waals surface area contributed by atoms with Gasteiger partial charge in [-0.05, 0) is 24.6 Å². The highest BCUT2D eigenvalue weighted by Crippen LogP contribution is 2.31. The molecule has 0 saturated carbocycles. The number of aromatic amines is 1. The zero-order valence-corrected chi connectivity index (χ0v) is 12.4. The highest BCUT2D eigenvalue weighted by Gasteiger charge is 2.17. The maximum absolute atomic E-state index is 14.0. The molecule has 0 unspecified atom stereocenters. The SMILES string of the molecule is CCCOc1c(F)cc(F)cc1-c1nc2ccccc2c(=O)[nH]1. The third kappa shape index (κ3) is 2.92. The molecule has 4 nitrogen and oxygen atoms in total. The maximum atomic E-state index is 14.0. The van der Waals surface area contributed by atoms with Gasteiger partial charge < -0.3 is 9.72 Å². The van der Waals surface area contributed by atoms with Crippen LogP contribution in [0, 0.1) is 11.6 Å². The van der Waals surface area contributed by atoms with Crippen LogP contribution in [0.3, 0.4) is 0 Å². The summed E-state index contributed by atoms with van der Waals surface area (Å²) in [4.78, 5) is 19.0. The summed E-state index contributed by atoms with van der Waals surface area (Å²) in [6.07, 6.45) is 0.665. The van der Waals surface area contributed by atoms with E-state index in [-0.39, 0.29) is 29.3 Å². The summed E-state index contributed by atoms with van der Waals surface area (Å²) in [5.41, 5.74) is 0.146. The second-order valence-corrected chi connectivity index (χ2v) is 5.04. The first kappa shape index (κ1) is 15.1. The van der Waals surface area contributed by atoms with Crippen LogP contribution >= 0.6 is 0 Å². The standard InChI is InChI=1S/C17H14F2N2O2/c1-2-7-23-15-12(8-10(18)9-13(15)19)16-20-14-6-4-3-5-11(14)17(22)21-16/h3-6,8-9H,2,7H2,1H3,(H,20,21,22). The minimum Gasteiger partial charge on any atom is -0.490 e. The molecule has 0 fully saturated rings. The Morgan fingerprint density at radius 2 is 2.00 bits per heavy atom. The highest BCUT2D eigenvalue weighted by atomic mass is 19.1. The van der Waals surface area contributed by atoms with Gasteiger partial charge in [-0.15, -0.1) is 0 Å². The van der Waals surface area contributed by atoms with E-state index >= 15 is 0 Å². The fourth-order valence-corrected chi connectivity index (χ4v) is 2.30. The Kier molecular flexibility index (Phi) is 4.06. The van der Waals surface area contributed by atoms with Crippen LogP contribution in [-0.4, -0.2) is 16.6 Å². The monoisotopic (exact) mass is 316 g/mol. The van der Waals surface area contributed by atoms with Crippen molar-refractivity contribution in [2.45, 2.75) is 13.3 Å². The largest absolute Gasteiger partial charge is 0.490 e. The number of nitrogens with one attached hydrogen (secondary N) is 1. The molecular weight excluding hydrogens is 302 g/mol. The first-order chi connectivity index (χ1) is 11.1. The summed E-state index contributed by atoms with van der Waals surface area (Å²) in [6.45, 7) is 2.14. The molecule has 0 bridgehead atoms. The van der Waals surface area contributed by atoms with Gasteiger partial charge in [0.25, 0.3) is 5.56 Å². The Morgan fingerprint density at radius 3 is 2.78 bits per heavy atom. The Labute approximate surface area is 130 Å². The van der Waals surface area contributed by atoms with Gasteiger partial charge in [-0.3, -0.25) is 4.79 Å². The predicted octanol–water partition coefficient (Wildman–Crippen LogP) is 3.66. The van der Waals surface area contributed by atoms with Crippen LogP contribution in [0.4, 0.5) is 8.78 Å². The van der Waals surface area contributed by atoms with E-state index in [1.807, 2.05) is 6.92 Å². The lowest BCUT2D eigenvalue weighted by Gasteiger charge is -2.12. The second kappa shape index (κ2) is 6.16. The van der Waals surface area contributed by atoms with Gasteiger partial charge in [-0.25, -0.2) is 13.8 Å². The Hall–Kier alpha value is -2.76. The number of rotatable bonds is 4. The lowest BCUT2D eigenvalue weighted by molar-refractivity contribution is 0.301. The first-order valence-corrected chi connectivity index (χ1v) is 7.21. The number of benzene rings is 2. The fourth-order valence-electron chi connectivity index (χ4n) is 2.30. The van der Waals surface area contributed by atoms with E-state index < -0.39 is 11.6 Å². The molecular formula is C17H14F2N2O2. The van der Waals surface area contributed by atoms with Gasteiger partial charge in [-0.1, -0.05) is 19.1 Å². The van der Waals surface area contributed by atoms with E-state index in [2.05, 4.69) is 9.97 Å². The molecule has 0 spiro atoms. The number of hydrogen-bond donors (Lipinski definition) is 1. The number of H-pyrrole nitrogens is 1. The van der Waals surface area contributed by atoms with Crippen molar-refractivity contribution in [3.63, 3.8) is 0 Å². The van der Waals surface area contributed by atoms with Gasteiger partial charge in [0.1, 0.15) is 11.6 Å². The average Bonchev–Trinajstić information content (AvgIpc) is 2.53. The lowest BCUT2D eigenvalue weighted by atomic mass is 10.1. The zero-order valence-electron chi connectivity index (χ0n) is 12.4. The normalized spacial score (nSPS) is 10.9. The first-order valence-electron chi connectivity index (χ1n) is 7.21. The van der Waals surface area contributed by atoms with Crippen molar-refractivity contribution in [1.82, 2.24) is 9.97 Å². The molecule has 23 heavy (non-hydrogen) atoms. The van der Waals surface area contributed by atoms with Gasteiger partial charge in [0.2, 0.25) is 0 Å². The fraction of sp³-hybridized carbons (Fsp3) is 0.176. The highest BCUT2D eigenvalue weighted by molar-refractivity contribution is 5.80. The minimum absolute atomic E-state index is 0.0678. The van der Waals surface area contributed by atoms with Crippen LogP contribution < -0.4 is 10.3 Å². The van der Waals surface area contributed by atoms with E-state index in [1.54, 1.807) is 24.3 Å². The van der Waals surface area contributed by atoms with E-state index in [9.17, 15) is 13.6 Å². The molecule has 2 aromatic carbocycles. The summed E-state index contributed by atoms with van der Waals surface area (Å²) >= 11 is 0. The van der Waals surface area contributed by atoms with Gasteiger partial charge in [0, 0.05) is 6.07 Å². The summed E-state index contributed by atoms with van der Waals surface area (Å²) in [5.74, 6) is -1.65. The molecule has 0 amide bonds. The molecule has 1 N–H and O–H groups in total. The number of para-hydroxylation sites is 1. The van der Waals surface area contributed by atoms with Crippen LogP contribution in [0.15, 0.2) is 41.2 Å². The Bertz CT molecular complexity index is 922. The number of aromatic nitrogens is 2. The molecule has 0 aliphatic rings. The quantitative estimate of drug-likeness (QED) is 0.799. The smallest absolute Gasteiger partial charge is 0.259 e. The molecule has 0 radical (unpaired) electrons. The predicted molar refractivity (Wildman–Crippen MR) is 83.5 cm³/mol. The van der Waals surface area contributed by atoms with Crippen molar-refractivity contribution in [3.8, 4) is 17.1 Å². The van der Waals surface area contributed by atoms with Crippen LogP contribution in [0.5, 0.6) is 5.75 Å². The number of hydrogen-bond acceptors (Lipinski definition) is 3. The lowest BCUT2D eigenvalue weighted by Crippen LogP contribution is -2.10. The molecule has 0 aliphatic carbocycles. The minimum atomic E-state index is -0.829. The molecule has 0 aliphatic heterocycles. The summed E-state index contributed by atoms with van der Waals surface area (Å²) < 4.78 is 33.0. The van der Waals surface area contributed by atoms with Gasteiger partial charge in [-0.2, -0.15) is 0 Å². The summed E-state index contributed by atoms with van der Waals surface area (Å²) in [5, 5.41) is 0.407. The third-order valence-electron chi connectivity index (χ3n) is 3.33. The number of ether oxygens (including phenoxy) is 1. The second-order valence-electron chi connectivity index (χ2n) is 5.04. The van der Waals surface area contributed by atoms with E-state index in [0.717, 1.165) is 12.1 Å². The number of fused-ring (bicyclic) bond motifs is 1. The topological polar surface area (TPSA) is 55.0 Å². The van der Waals surface area contributed by atoms with Crippen LogP contribution in [0.2, 0.25) is 0 Å². The molecule has 3 rings (SSSR count). The molecule has 0 atom stereocenters. The molecule has 3 aromatic rings. The average molecular weight is 316 g/mol. The van der Waals surface area contributed by atoms with Crippen LogP contribution in [0.1, 0.15) is 13.3 Å². The molecule has 6 heteroatoms. The molecule has 118 valence electrons. The maximum Gasteiger partial charge on any atom is 0.259 e. The van der Waals surface area contributed by atoms with Crippen molar-refractivity contribution in [2.24, 2.45) is 0 Å². The Morgan fingerprint density at radius 1 is 1.22 bits per heavy atom. The van der Waals surface area contributed by atoms with Gasteiger partial charge in [0.15, 0.2) is 11.6 Å². The van der Waals surface area contributed by atoms with Crippen LogP contribution in [0.25, 0.3) is 22.3 Å². The number of halogens is 2. The van der Waals surface area contributed by atoms with Gasteiger partial charge in [0.05, 0.1) is 23.1 Å². The van der Waals surface area contributed by atoms with Crippen molar-refractivity contribution in [1.29, 1.82) is 0 Å². The van der Waals surface area contributed by atoms with Crippen molar-refractivity contribution in [3.05, 3.63) is 58.4 Å². The van der Waals surface area contributed by atoms with Gasteiger partial charge >= 0.3 is 0 Å². The van der Waals surface area contributed by atoms with Crippen molar-refractivity contribution in [2.75, 3.05) is 6.61 Å². The number of nitrogens with zero attached hydrogens (tertiary/aromatic N) is 1. The summed E-state index contributed by atoms with van der Waals surface area (Å²) in [7, 11) is 0. The van der Waals surface area contributed by atoms with E-state index in [0.29, 0.717) is 17.3 Å². The van der Waals surface area contributed by atoms with Crippen molar-refractivity contribution >= 4 is 10.9 Å². The molecule has 0 saturated heterocycles. The third-order valence-corrected chi connectivity index (χ3v) is 3.33. The summed E-state index contributed by atoms with van der Waals surface area (Å²) in [6, 6.07) is 8.59. The molecule has 1 heterocycles. The Balaban J connectivity index is 2.23. The molecule has 1 aromatic heterocycles. The van der Waals surface area contributed by atoms with Crippen LogP contribution in [-0.2, 0) is 0 Å². The zero-order chi connectivity index (χ0) is 16.4. The van der Waals surface area contributed by atoms with E-state index in [1.165, 1.54) is 0 Å². The van der Waals surface area contributed by atoms with E-state index in [4.69, 9.17) is 4.74 Å². The van der Waals surface area contributed by atoms with Crippen molar-refractivity contribution < 1.29 is 13.5 Å².